The zero-order chi connectivity index (χ0) is 14.0. The molecule has 0 aromatic carbocycles. The van der Waals surface area contributed by atoms with Crippen LogP contribution in [0.1, 0.15) is 29.8 Å². The lowest BCUT2D eigenvalue weighted by molar-refractivity contribution is -0.391. The van der Waals surface area contributed by atoms with Gasteiger partial charge in [-0.25, -0.2) is 4.57 Å². The van der Waals surface area contributed by atoms with Crippen molar-refractivity contribution in [2.45, 2.75) is 19.3 Å². The van der Waals surface area contributed by atoms with E-state index in [-0.39, 0.29) is 29.4 Å². The van der Waals surface area contributed by atoms with Crippen LogP contribution in [0, 0.1) is 15.5 Å². The number of carbonyl (C=O) groups excluding carboxylic acids is 1. The Labute approximate surface area is 110 Å². The molecule has 0 atom stereocenters. The molecule has 0 unspecified atom stereocenters. The molecule has 1 aromatic heterocycles. The molecule has 0 spiro atoms. The fraction of sp³-hybridized carbons (Fsp3) is 0.583. The van der Waals surface area contributed by atoms with Gasteiger partial charge < -0.3 is 20.5 Å². The number of carbonyl (C=O) groups is 1. The molecule has 1 amide bonds. The number of amides is 1. The SMILES string of the molecule is Cn1c(C(=O)NCC2(CCO)CC2)ccc1[N+](=O)[O-]. The molecule has 2 rings (SSSR count). The number of aliphatic hydroxyl groups excluding tert-OH is 1. The van der Waals surface area contributed by atoms with Crippen LogP contribution in [0.4, 0.5) is 5.82 Å². The lowest BCUT2D eigenvalue weighted by atomic mass is 10.0. The normalized spacial score (nSPS) is 16.1. The Hall–Kier alpha value is -1.89. The Kier molecular flexibility index (Phi) is 3.57. The van der Waals surface area contributed by atoms with Crippen molar-refractivity contribution in [2.75, 3.05) is 13.2 Å². The van der Waals surface area contributed by atoms with E-state index in [4.69, 9.17) is 5.11 Å². The van der Waals surface area contributed by atoms with Crippen molar-refractivity contribution in [3.05, 3.63) is 27.9 Å². The highest BCUT2D eigenvalue weighted by atomic mass is 16.6. The summed E-state index contributed by atoms with van der Waals surface area (Å²) in [5, 5.41) is 22.4. The van der Waals surface area contributed by atoms with Gasteiger partial charge in [0, 0.05) is 19.2 Å². The first-order valence-corrected chi connectivity index (χ1v) is 6.18. The van der Waals surface area contributed by atoms with Gasteiger partial charge in [-0.1, -0.05) is 0 Å². The fourth-order valence-electron chi connectivity index (χ4n) is 2.20. The maximum Gasteiger partial charge on any atom is 0.323 e. The molecule has 0 radical (unpaired) electrons. The summed E-state index contributed by atoms with van der Waals surface area (Å²) in [7, 11) is 1.49. The van der Waals surface area contributed by atoms with E-state index in [1.165, 1.54) is 23.7 Å². The van der Waals surface area contributed by atoms with E-state index in [2.05, 4.69) is 5.32 Å². The van der Waals surface area contributed by atoms with Gasteiger partial charge in [0.25, 0.3) is 5.91 Å². The summed E-state index contributed by atoms with van der Waals surface area (Å²) in [6.45, 7) is 0.622. The summed E-state index contributed by atoms with van der Waals surface area (Å²) in [5.74, 6) is -0.429. The highest BCUT2D eigenvalue weighted by Crippen LogP contribution is 2.47. The second-order valence-electron chi connectivity index (χ2n) is 5.05. The number of nitrogens with zero attached hydrogens (tertiary/aromatic N) is 2. The third kappa shape index (κ3) is 2.76. The van der Waals surface area contributed by atoms with Crippen molar-refractivity contribution < 1.29 is 14.8 Å². The van der Waals surface area contributed by atoms with Crippen LogP contribution in [0.15, 0.2) is 12.1 Å². The first-order chi connectivity index (χ1) is 8.99. The van der Waals surface area contributed by atoms with Gasteiger partial charge in [0.15, 0.2) is 5.69 Å². The third-order valence-corrected chi connectivity index (χ3v) is 3.74. The molecule has 0 aliphatic heterocycles. The van der Waals surface area contributed by atoms with E-state index in [1.54, 1.807) is 0 Å². The number of hydrogen-bond donors (Lipinski definition) is 2. The molecule has 2 N–H and O–H groups in total. The van der Waals surface area contributed by atoms with Gasteiger partial charge >= 0.3 is 5.82 Å². The van der Waals surface area contributed by atoms with Crippen LogP contribution < -0.4 is 5.32 Å². The van der Waals surface area contributed by atoms with Crippen molar-refractivity contribution in [2.24, 2.45) is 12.5 Å². The molecule has 1 aromatic rings. The molecular formula is C12H17N3O4. The molecule has 1 aliphatic rings. The smallest absolute Gasteiger partial charge is 0.323 e. The Balaban J connectivity index is 1.99. The van der Waals surface area contributed by atoms with E-state index in [0.717, 1.165) is 12.8 Å². The van der Waals surface area contributed by atoms with Crippen molar-refractivity contribution in [1.29, 1.82) is 0 Å². The van der Waals surface area contributed by atoms with E-state index in [1.807, 2.05) is 0 Å². The molecule has 0 saturated heterocycles. The average Bonchev–Trinajstić information content (AvgIpc) is 3.01. The number of rotatable bonds is 6. The van der Waals surface area contributed by atoms with E-state index < -0.39 is 4.92 Å². The standard InChI is InChI=1S/C12H17N3O4/c1-14-9(2-3-10(14)15(18)19)11(17)13-8-12(4-5-12)6-7-16/h2-3,16H,4-8H2,1H3,(H,13,17). The Morgan fingerprint density at radius 3 is 2.74 bits per heavy atom. The van der Waals surface area contributed by atoms with Gasteiger partial charge in [-0.2, -0.15) is 0 Å². The molecule has 1 fully saturated rings. The van der Waals surface area contributed by atoms with E-state index >= 15 is 0 Å². The lowest BCUT2D eigenvalue weighted by Crippen LogP contribution is -2.31. The zero-order valence-corrected chi connectivity index (χ0v) is 10.8. The van der Waals surface area contributed by atoms with Crippen LogP contribution in [0.5, 0.6) is 0 Å². The van der Waals surface area contributed by atoms with Gasteiger partial charge in [-0.05, 0) is 35.7 Å². The van der Waals surface area contributed by atoms with Crippen LogP contribution in [0.3, 0.4) is 0 Å². The molecule has 7 nitrogen and oxygen atoms in total. The van der Waals surface area contributed by atoms with Crippen LogP contribution in [0.2, 0.25) is 0 Å². The van der Waals surface area contributed by atoms with Gasteiger partial charge in [0.05, 0.1) is 7.05 Å². The Bertz CT molecular complexity index is 505. The predicted molar refractivity (Wildman–Crippen MR) is 67.8 cm³/mol. The maximum absolute atomic E-state index is 12.0. The van der Waals surface area contributed by atoms with E-state index in [0.29, 0.717) is 13.0 Å². The second kappa shape index (κ2) is 5.00. The number of aliphatic hydroxyl groups is 1. The summed E-state index contributed by atoms with van der Waals surface area (Å²) in [6.07, 6.45) is 2.68. The van der Waals surface area contributed by atoms with E-state index in [9.17, 15) is 14.9 Å². The van der Waals surface area contributed by atoms with Crippen LogP contribution in [0.25, 0.3) is 0 Å². The minimum absolute atomic E-state index is 0.0293. The Morgan fingerprint density at radius 2 is 2.26 bits per heavy atom. The third-order valence-electron chi connectivity index (χ3n) is 3.74. The molecule has 104 valence electrons. The minimum Gasteiger partial charge on any atom is -0.396 e. The second-order valence-corrected chi connectivity index (χ2v) is 5.05. The molecule has 1 saturated carbocycles. The number of nitro groups is 1. The predicted octanol–water partition coefficient (Wildman–Crippen LogP) is 0.826. The largest absolute Gasteiger partial charge is 0.396 e. The highest BCUT2D eigenvalue weighted by Gasteiger charge is 2.42. The zero-order valence-electron chi connectivity index (χ0n) is 10.8. The summed E-state index contributed by atoms with van der Waals surface area (Å²) in [5.41, 5.74) is 0.299. The first kappa shape index (κ1) is 13.5. The molecule has 19 heavy (non-hydrogen) atoms. The molecular weight excluding hydrogens is 250 g/mol. The fourth-order valence-corrected chi connectivity index (χ4v) is 2.20. The quantitative estimate of drug-likeness (QED) is 0.589. The Morgan fingerprint density at radius 1 is 1.58 bits per heavy atom. The van der Waals surface area contributed by atoms with Crippen molar-refractivity contribution in [3.63, 3.8) is 0 Å². The summed E-state index contributed by atoms with van der Waals surface area (Å²) in [4.78, 5) is 22.1. The minimum atomic E-state index is -0.523. The van der Waals surface area contributed by atoms with Gasteiger partial charge in [-0.15, -0.1) is 0 Å². The van der Waals surface area contributed by atoms with Gasteiger partial charge in [0.2, 0.25) is 0 Å². The number of hydrogen-bond acceptors (Lipinski definition) is 4. The highest BCUT2D eigenvalue weighted by molar-refractivity contribution is 5.93. The molecule has 1 aliphatic carbocycles. The molecule has 0 bridgehead atoms. The first-order valence-electron chi connectivity index (χ1n) is 6.18. The summed E-state index contributed by atoms with van der Waals surface area (Å²) in [6, 6.07) is 2.76. The van der Waals surface area contributed by atoms with Crippen molar-refractivity contribution in [3.8, 4) is 0 Å². The summed E-state index contributed by atoms with van der Waals surface area (Å²) >= 11 is 0. The van der Waals surface area contributed by atoms with Gasteiger partial charge in [-0.3, -0.25) is 4.79 Å². The van der Waals surface area contributed by atoms with Crippen LogP contribution >= 0.6 is 0 Å². The molecule has 7 heteroatoms. The lowest BCUT2D eigenvalue weighted by Gasteiger charge is -2.13. The maximum atomic E-state index is 12.0. The summed E-state index contributed by atoms with van der Waals surface area (Å²) < 4.78 is 1.26. The van der Waals surface area contributed by atoms with Crippen LogP contribution in [-0.4, -0.2) is 33.7 Å². The van der Waals surface area contributed by atoms with Crippen molar-refractivity contribution >= 4 is 11.7 Å². The van der Waals surface area contributed by atoms with Gasteiger partial charge in [0.1, 0.15) is 0 Å². The monoisotopic (exact) mass is 267 g/mol. The van der Waals surface area contributed by atoms with Crippen molar-refractivity contribution in [1.82, 2.24) is 9.88 Å². The topological polar surface area (TPSA) is 97.4 Å². The number of aromatic nitrogens is 1. The molecule has 1 heterocycles. The van der Waals surface area contributed by atoms with Crippen LogP contribution in [-0.2, 0) is 7.05 Å². The number of nitrogens with one attached hydrogen (secondary N) is 1. The average molecular weight is 267 g/mol.